The summed E-state index contributed by atoms with van der Waals surface area (Å²) in [5.41, 5.74) is 0.312. The number of fused-ring (bicyclic) bond motifs is 6. The molecule has 2 aromatic heterocycles. The predicted molar refractivity (Wildman–Crippen MR) is 129 cm³/mol. The van der Waals surface area contributed by atoms with Crippen molar-refractivity contribution in [1.29, 1.82) is 0 Å². The van der Waals surface area contributed by atoms with Gasteiger partial charge in [-0.2, -0.15) is 13.2 Å². The molecule has 5 nitrogen and oxygen atoms in total. The maximum absolute atomic E-state index is 13.1. The number of nitrogens with zero attached hydrogens (tertiary/aromatic N) is 2. The number of alkyl halides is 3. The van der Waals surface area contributed by atoms with Crippen molar-refractivity contribution in [3.63, 3.8) is 0 Å². The van der Waals surface area contributed by atoms with Crippen LogP contribution >= 0.6 is 23.1 Å². The lowest BCUT2D eigenvalue weighted by atomic mass is 9.75. The number of anilines is 1. The average Bonchev–Trinajstić information content (AvgIpc) is 3.52. The zero-order chi connectivity index (χ0) is 24.3. The molecular formula is C25H22F3N3O2S2. The van der Waals surface area contributed by atoms with E-state index in [-0.39, 0.29) is 23.0 Å². The Morgan fingerprint density at radius 3 is 2.77 bits per heavy atom. The van der Waals surface area contributed by atoms with Gasteiger partial charge in [-0.25, -0.2) is 0 Å². The quantitative estimate of drug-likeness (QED) is 0.488. The molecule has 0 radical (unpaired) electrons. The molecule has 182 valence electrons. The fourth-order valence-electron chi connectivity index (χ4n) is 6.14. The molecular weight excluding hydrogens is 495 g/mol. The van der Waals surface area contributed by atoms with E-state index in [9.17, 15) is 22.8 Å². The van der Waals surface area contributed by atoms with Crippen molar-refractivity contribution >= 4 is 34.7 Å². The van der Waals surface area contributed by atoms with E-state index in [2.05, 4.69) is 16.4 Å². The second-order valence-electron chi connectivity index (χ2n) is 9.51. The molecule has 10 heteroatoms. The van der Waals surface area contributed by atoms with Gasteiger partial charge in [-0.3, -0.25) is 19.1 Å². The van der Waals surface area contributed by atoms with Crippen LogP contribution in [0.25, 0.3) is 0 Å². The number of thiazole rings is 1. The van der Waals surface area contributed by atoms with Crippen LogP contribution in [0.4, 0.5) is 18.9 Å². The highest BCUT2D eigenvalue weighted by Crippen LogP contribution is 2.63. The fraction of sp³-hybridized carbons (Fsp3) is 0.400. The summed E-state index contributed by atoms with van der Waals surface area (Å²) in [5, 5.41) is 3.74. The molecule has 1 aliphatic heterocycles. The van der Waals surface area contributed by atoms with Crippen molar-refractivity contribution in [1.82, 2.24) is 9.55 Å². The van der Waals surface area contributed by atoms with Gasteiger partial charge in [-0.15, -0.1) is 11.8 Å². The SMILES string of the molecule is O=C(Cn1c2c(sc1=O)[C@@H](c1cccnc1)[C@@H]1[C@H]3CC[C@@H](C3)[C@H]1S2)Nc1cccc(C(F)(F)F)c1. The van der Waals surface area contributed by atoms with Gasteiger partial charge in [0.25, 0.3) is 0 Å². The van der Waals surface area contributed by atoms with Gasteiger partial charge < -0.3 is 5.32 Å². The van der Waals surface area contributed by atoms with Gasteiger partial charge in [0.05, 0.1) is 10.6 Å². The summed E-state index contributed by atoms with van der Waals surface area (Å²) >= 11 is 2.90. The molecule has 2 aliphatic carbocycles. The molecule has 0 spiro atoms. The van der Waals surface area contributed by atoms with Crippen molar-refractivity contribution in [3.8, 4) is 0 Å². The van der Waals surface area contributed by atoms with Crippen LogP contribution in [0.5, 0.6) is 0 Å². The van der Waals surface area contributed by atoms with Gasteiger partial charge in [0, 0.05) is 34.1 Å². The van der Waals surface area contributed by atoms with Crippen LogP contribution < -0.4 is 10.2 Å². The molecule has 35 heavy (non-hydrogen) atoms. The van der Waals surface area contributed by atoms with Crippen molar-refractivity contribution < 1.29 is 18.0 Å². The number of benzene rings is 1. The Balaban J connectivity index is 1.32. The zero-order valence-corrected chi connectivity index (χ0v) is 20.1. The second-order valence-corrected chi connectivity index (χ2v) is 11.7. The Morgan fingerprint density at radius 1 is 1.17 bits per heavy atom. The Morgan fingerprint density at radius 2 is 2.00 bits per heavy atom. The van der Waals surface area contributed by atoms with Gasteiger partial charge in [-0.1, -0.05) is 23.5 Å². The second kappa shape index (κ2) is 8.51. The molecule has 2 bridgehead atoms. The molecule has 0 saturated heterocycles. The van der Waals surface area contributed by atoms with E-state index in [1.54, 1.807) is 18.0 Å². The van der Waals surface area contributed by atoms with Crippen LogP contribution in [-0.4, -0.2) is 20.7 Å². The topological polar surface area (TPSA) is 64.0 Å². The molecule has 2 saturated carbocycles. The number of pyridine rings is 1. The average molecular weight is 518 g/mol. The van der Waals surface area contributed by atoms with Gasteiger partial charge in [0.2, 0.25) is 5.91 Å². The molecule has 6 rings (SSSR count). The Bertz CT molecular complexity index is 1340. The monoisotopic (exact) mass is 517 g/mol. The first-order valence-corrected chi connectivity index (χ1v) is 13.3. The minimum absolute atomic E-state index is 0.0519. The molecule has 5 atom stereocenters. The maximum Gasteiger partial charge on any atom is 0.416 e. The van der Waals surface area contributed by atoms with Crippen LogP contribution in [0, 0.1) is 17.8 Å². The number of aromatic nitrogens is 2. The van der Waals surface area contributed by atoms with E-state index in [1.165, 1.54) is 47.3 Å². The third kappa shape index (κ3) is 4.00. The van der Waals surface area contributed by atoms with Crippen LogP contribution in [0.15, 0.2) is 58.6 Å². The van der Waals surface area contributed by atoms with E-state index in [4.69, 9.17) is 0 Å². The molecule has 1 aromatic carbocycles. The maximum atomic E-state index is 13.1. The summed E-state index contributed by atoms with van der Waals surface area (Å²) in [5.74, 6) is 1.22. The number of amides is 1. The van der Waals surface area contributed by atoms with E-state index in [0.29, 0.717) is 23.0 Å². The first-order chi connectivity index (χ1) is 16.8. The Kier molecular flexibility index (Phi) is 5.56. The summed E-state index contributed by atoms with van der Waals surface area (Å²) in [4.78, 5) is 31.0. The van der Waals surface area contributed by atoms with Crippen LogP contribution in [0.2, 0.25) is 0 Å². The molecule has 3 heterocycles. The standard InChI is InChI=1S/C25H22F3N3O2S2/c26-25(27,28)16-4-1-5-17(10-16)30-18(32)12-31-23-22(35-24(31)33)20(15-3-2-8-29-11-15)19-13-6-7-14(9-13)21(19)34-23/h1-5,8,10-11,13-14,19-21H,6-7,9,12H2,(H,30,32)/t13-,14-,19-,20-,21+/m0/s1. The molecule has 1 amide bonds. The number of nitrogens with one attached hydrogen (secondary N) is 1. The molecule has 3 aromatic rings. The van der Waals surface area contributed by atoms with Crippen LogP contribution in [0.3, 0.4) is 0 Å². The minimum Gasteiger partial charge on any atom is -0.325 e. The highest BCUT2D eigenvalue weighted by Gasteiger charge is 2.55. The third-order valence-electron chi connectivity index (χ3n) is 7.51. The minimum atomic E-state index is -4.50. The van der Waals surface area contributed by atoms with E-state index in [1.807, 2.05) is 12.3 Å². The van der Waals surface area contributed by atoms with Crippen LogP contribution in [-0.2, 0) is 17.5 Å². The third-order valence-corrected chi connectivity index (χ3v) is 10.3. The molecule has 1 N–H and O–H groups in total. The van der Waals surface area contributed by atoms with Gasteiger partial charge in [0.1, 0.15) is 6.54 Å². The van der Waals surface area contributed by atoms with Crippen molar-refractivity contribution in [2.24, 2.45) is 17.8 Å². The number of carbonyl (C=O) groups excluding carboxylic acids is 1. The lowest BCUT2D eigenvalue weighted by Gasteiger charge is -2.40. The summed E-state index contributed by atoms with van der Waals surface area (Å²) in [7, 11) is 0. The number of hydrogen-bond acceptors (Lipinski definition) is 5. The number of halogens is 3. The number of hydrogen-bond donors (Lipinski definition) is 1. The highest BCUT2D eigenvalue weighted by molar-refractivity contribution is 8.00. The molecule has 3 aliphatic rings. The van der Waals surface area contributed by atoms with E-state index >= 15 is 0 Å². The normalized spacial score (nSPS) is 26.9. The number of thioether (sulfide) groups is 1. The van der Waals surface area contributed by atoms with Crippen molar-refractivity contribution in [2.75, 3.05) is 5.32 Å². The molecule has 0 unspecified atom stereocenters. The van der Waals surface area contributed by atoms with Crippen LogP contribution in [0.1, 0.15) is 41.2 Å². The number of rotatable bonds is 4. The number of carbonyl (C=O) groups is 1. The first kappa shape index (κ1) is 22.8. The fourth-order valence-corrected chi connectivity index (χ4v) is 9.29. The molecule has 2 fully saturated rings. The lowest BCUT2D eigenvalue weighted by molar-refractivity contribution is -0.137. The summed E-state index contributed by atoms with van der Waals surface area (Å²) in [6.45, 7) is -0.237. The summed E-state index contributed by atoms with van der Waals surface area (Å²) < 4.78 is 40.6. The van der Waals surface area contributed by atoms with Crippen molar-refractivity contribution in [2.45, 2.75) is 48.2 Å². The first-order valence-electron chi connectivity index (χ1n) is 11.6. The summed E-state index contributed by atoms with van der Waals surface area (Å²) in [6.07, 6.45) is 2.73. The predicted octanol–water partition coefficient (Wildman–Crippen LogP) is 5.61. The van der Waals surface area contributed by atoms with E-state index in [0.717, 1.165) is 27.6 Å². The summed E-state index contributed by atoms with van der Waals surface area (Å²) in [6, 6.07) is 8.50. The van der Waals surface area contributed by atoms with Crippen molar-refractivity contribution in [3.05, 3.63) is 74.5 Å². The van der Waals surface area contributed by atoms with Gasteiger partial charge in [-0.05, 0) is 66.8 Å². The lowest BCUT2D eigenvalue weighted by Crippen LogP contribution is -2.34. The Hall–Kier alpha value is -2.59. The Labute approximate surface area is 207 Å². The van der Waals surface area contributed by atoms with Gasteiger partial charge in [0.15, 0.2) is 0 Å². The zero-order valence-electron chi connectivity index (χ0n) is 18.5. The largest absolute Gasteiger partial charge is 0.416 e. The smallest absolute Gasteiger partial charge is 0.325 e. The van der Waals surface area contributed by atoms with E-state index < -0.39 is 17.6 Å². The highest BCUT2D eigenvalue weighted by atomic mass is 32.2. The van der Waals surface area contributed by atoms with Gasteiger partial charge >= 0.3 is 11.0 Å².